The van der Waals surface area contributed by atoms with Gasteiger partial charge < -0.3 is 15.8 Å². The lowest BCUT2D eigenvalue weighted by Crippen LogP contribution is -2.31. The molecule has 3 aromatic rings. The van der Waals surface area contributed by atoms with Gasteiger partial charge >= 0.3 is 0 Å². The first-order chi connectivity index (χ1) is 14.4. The minimum atomic E-state index is -0.531. The van der Waals surface area contributed by atoms with Crippen LogP contribution in [0.5, 0.6) is 5.75 Å². The van der Waals surface area contributed by atoms with Crippen LogP contribution in [0.1, 0.15) is 25.5 Å². The van der Waals surface area contributed by atoms with Crippen LogP contribution in [0.25, 0.3) is 11.4 Å². The van der Waals surface area contributed by atoms with Gasteiger partial charge in [0.25, 0.3) is 0 Å². The first-order valence-corrected chi connectivity index (χ1v) is 10.1. The lowest BCUT2D eigenvalue weighted by molar-refractivity contribution is -0.115. The fraction of sp³-hybridized carbons (Fsp3) is 0.190. The van der Waals surface area contributed by atoms with Crippen LogP contribution >= 0.6 is 23.2 Å². The molecule has 2 aromatic carbocycles. The van der Waals surface area contributed by atoms with E-state index in [-0.39, 0.29) is 0 Å². The lowest BCUT2D eigenvalue weighted by atomic mass is 9.95. The standard InChI is InChI=1S/C21H19Cl2N5O2/c1-3-30-14-7-4-12(5-8-14)18-17(19(24)29)11(2)25-21-26-20(27-28(18)21)13-6-9-15(22)16(23)10-13/h4-10,18H,3H2,1-2H3,(H2,24,29)(H,25,26,27). The summed E-state index contributed by atoms with van der Waals surface area (Å²) >= 11 is 12.2. The summed E-state index contributed by atoms with van der Waals surface area (Å²) in [6.07, 6.45) is 0. The van der Waals surface area contributed by atoms with E-state index < -0.39 is 11.9 Å². The Labute approximate surface area is 183 Å². The molecule has 7 nitrogen and oxygen atoms in total. The van der Waals surface area contributed by atoms with Crippen molar-refractivity contribution in [2.75, 3.05) is 11.9 Å². The van der Waals surface area contributed by atoms with E-state index in [1.54, 1.807) is 29.8 Å². The topological polar surface area (TPSA) is 95.1 Å². The number of carbonyl (C=O) groups excluding carboxylic acids is 1. The maximum Gasteiger partial charge on any atom is 0.248 e. The molecule has 1 amide bonds. The first-order valence-electron chi connectivity index (χ1n) is 9.31. The van der Waals surface area contributed by atoms with Crippen LogP contribution in [-0.4, -0.2) is 27.3 Å². The third-order valence-corrected chi connectivity index (χ3v) is 5.54. The summed E-state index contributed by atoms with van der Waals surface area (Å²) in [5.41, 5.74) is 8.30. The molecule has 154 valence electrons. The molecule has 0 saturated carbocycles. The zero-order valence-electron chi connectivity index (χ0n) is 16.3. The third kappa shape index (κ3) is 3.62. The number of carbonyl (C=O) groups is 1. The van der Waals surface area contributed by atoms with E-state index in [4.69, 9.17) is 33.7 Å². The van der Waals surface area contributed by atoms with Crippen LogP contribution in [0, 0.1) is 0 Å². The van der Waals surface area contributed by atoms with E-state index in [0.29, 0.717) is 45.3 Å². The molecule has 3 N–H and O–H groups in total. The number of benzene rings is 2. The summed E-state index contributed by atoms with van der Waals surface area (Å²) in [6, 6.07) is 12.1. The number of allylic oxidation sites excluding steroid dienone is 1. The highest BCUT2D eigenvalue weighted by Crippen LogP contribution is 2.37. The average Bonchev–Trinajstić information content (AvgIpc) is 3.13. The summed E-state index contributed by atoms with van der Waals surface area (Å²) < 4.78 is 7.18. The van der Waals surface area contributed by atoms with E-state index >= 15 is 0 Å². The van der Waals surface area contributed by atoms with Gasteiger partial charge in [-0.2, -0.15) is 4.98 Å². The van der Waals surface area contributed by atoms with E-state index in [1.807, 2.05) is 31.2 Å². The Balaban J connectivity index is 1.82. The fourth-order valence-electron chi connectivity index (χ4n) is 3.45. The lowest BCUT2D eigenvalue weighted by Gasteiger charge is -2.27. The minimum absolute atomic E-state index is 0.407. The summed E-state index contributed by atoms with van der Waals surface area (Å²) in [4.78, 5) is 16.9. The molecule has 9 heteroatoms. The molecule has 0 saturated heterocycles. The molecular weight excluding hydrogens is 425 g/mol. The van der Waals surface area contributed by atoms with Crippen LogP contribution in [-0.2, 0) is 4.79 Å². The van der Waals surface area contributed by atoms with Crippen LogP contribution in [0.15, 0.2) is 53.7 Å². The van der Waals surface area contributed by atoms with Crippen molar-refractivity contribution in [3.63, 3.8) is 0 Å². The second-order valence-electron chi connectivity index (χ2n) is 6.76. The number of nitrogens with two attached hydrogens (primary N) is 1. The van der Waals surface area contributed by atoms with Gasteiger partial charge in [-0.15, -0.1) is 5.10 Å². The number of halogens is 2. The zero-order valence-corrected chi connectivity index (χ0v) is 17.8. The molecule has 0 radical (unpaired) electrons. The van der Waals surface area contributed by atoms with Crippen molar-refractivity contribution < 1.29 is 9.53 Å². The molecule has 4 rings (SSSR count). The first kappa shape index (κ1) is 20.3. The number of aromatic nitrogens is 3. The molecular formula is C21H19Cl2N5O2. The minimum Gasteiger partial charge on any atom is -0.494 e. The van der Waals surface area contributed by atoms with Gasteiger partial charge in [-0.1, -0.05) is 35.3 Å². The molecule has 0 spiro atoms. The van der Waals surface area contributed by atoms with Gasteiger partial charge in [0.1, 0.15) is 11.8 Å². The summed E-state index contributed by atoms with van der Waals surface area (Å²) in [5, 5.41) is 8.62. The summed E-state index contributed by atoms with van der Waals surface area (Å²) in [6.45, 7) is 4.28. The van der Waals surface area contributed by atoms with E-state index in [9.17, 15) is 4.79 Å². The Hall–Kier alpha value is -3.03. The SMILES string of the molecule is CCOc1ccc(C2C(C(N)=O)=C(C)Nc3nc(-c4ccc(Cl)c(Cl)c4)nn32)cc1. The number of rotatable bonds is 5. The molecule has 30 heavy (non-hydrogen) atoms. The van der Waals surface area contributed by atoms with Gasteiger partial charge in [-0.3, -0.25) is 4.79 Å². The number of hydrogen-bond donors (Lipinski definition) is 2. The number of hydrogen-bond acceptors (Lipinski definition) is 5. The van der Waals surface area contributed by atoms with E-state index in [2.05, 4.69) is 15.4 Å². The Morgan fingerprint density at radius 3 is 2.57 bits per heavy atom. The molecule has 0 aliphatic carbocycles. The predicted octanol–water partition coefficient (Wildman–Crippen LogP) is 4.42. The number of amides is 1. The fourth-order valence-corrected chi connectivity index (χ4v) is 3.75. The van der Waals surface area contributed by atoms with Gasteiger partial charge in [0.15, 0.2) is 5.82 Å². The van der Waals surface area contributed by atoms with Crippen LogP contribution in [0.4, 0.5) is 5.95 Å². The maximum atomic E-state index is 12.3. The Bertz CT molecular complexity index is 1150. The molecule has 0 bridgehead atoms. The van der Waals surface area contributed by atoms with Gasteiger partial charge in [-0.05, 0) is 49.7 Å². The van der Waals surface area contributed by atoms with Crippen molar-refractivity contribution in [3.05, 3.63) is 69.3 Å². The summed E-state index contributed by atoms with van der Waals surface area (Å²) in [5.74, 6) is 1.16. The second-order valence-corrected chi connectivity index (χ2v) is 7.58. The number of anilines is 1. The van der Waals surface area contributed by atoms with Crippen molar-refractivity contribution in [2.45, 2.75) is 19.9 Å². The number of ether oxygens (including phenoxy) is 1. The quantitative estimate of drug-likeness (QED) is 0.608. The number of nitrogens with zero attached hydrogens (tertiary/aromatic N) is 3. The van der Waals surface area contributed by atoms with Crippen molar-refractivity contribution in [2.24, 2.45) is 5.73 Å². The normalized spacial score (nSPS) is 15.5. The van der Waals surface area contributed by atoms with Crippen LogP contribution in [0.2, 0.25) is 10.0 Å². The summed E-state index contributed by atoms with van der Waals surface area (Å²) in [7, 11) is 0. The number of nitrogens with one attached hydrogen (secondary N) is 1. The molecule has 0 fully saturated rings. The van der Waals surface area contributed by atoms with Crippen molar-refractivity contribution in [3.8, 4) is 17.1 Å². The highest BCUT2D eigenvalue weighted by atomic mass is 35.5. The van der Waals surface area contributed by atoms with Gasteiger partial charge in [0, 0.05) is 11.3 Å². The van der Waals surface area contributed by atoms with Gasteiger partial charge in [0.05, 0.1) is 22.2 Å². The monoisotopic (exact) mass is 443 g/mol. The zero-order chi connectivity index (χ0) is 21.4. The van der Waals surface area contributed by atoms with Crippen molar-refractivity contribution in [1.29, 1.82) is 0 Å². The molecule has 2 heterocycles. The van der Waals surface area contributed by atoms with Crippen LogP contribution < -0.4 is 15.8 Å². The number of primary amides is 1. The molecule has 1 aliphatic heterocycles. The van der Waals surface area contributed by atoms with Crippen molar-refractivity contribution in [1.82, 2.24) is 14.8 Å². The molecule has 1 aliphatic rings. The van der Waals surface area contributed by atoms with Gasteiger partial charge in [0.2, 0.25) is 11.9 Å². The Kier molecular flexibility index (Phi) is 5.40. The highest BCUT2D eigenvalue weighted by Gasteiger charge is 2.33. The predicted molar refractivity (Wildman–Crippen MR) is 117 cm³/mol. The number of fused-ring (bicyclic) bond motifs is 1. The maximum absolute atomic E-state index is 12.3. The molecule has 1 atom stereocenters. The van der Waals surface area contributed by atoms with Gasteiger partial charge in [-0.25, -0.2) is 4.68 Å². The Morgan fingerprint density at radius 1 is 1.20 bits per heavy atom. The van der Waals surface area contributed by atoms with Crippen molar-refractivity contribution >= 4 is 35.1 Å². The largest absolute Gasteiger partial charge is 0.494 e. The molecule has 1 aromatic heterocycles. The van der Waals surface area contributed by atoms with E-state index in [0.717, 1.165) is 11.3 Å². The average molecular weight is 444 g/mol. The Morgan fingerprint density at radius 2 is 1.93 bits per heavy atom. The smallest absolute Gasteiger partial charge is 0.248 e. The van der Waals surface area contributed by atoms with Crippen LogP contribution in [0.3, 0.4) is 0 Å². The highest BCUT2D eigenvalue weighted by molar-refractivity contribution is 6.42. The molecule has 1 unspecified atom stereocenters. The third-order valence-electron chi connectivity index (χ3n) is 4.80. The van der Waals surface area contributed by atoms with E-state index in [1.165, 1.54) is 0 Å². The second kappa shape index (κ2) is 8.01.